The minimum Gasteiger partial charge on any atom is -0.493 e. The summed E-state index contributed by atoms with van der Waals surface area (Å²) in [6, 6.07) is 20.0. The highest BCUT2D eigenvalue weighted by molar-refractivity contribution is 5.87. The maximum atomic E-state index is 12.1. The first kappa shape index (κ1) is 43.2. The highest BCUT2D eigenvalue weighted by atomic mass is 16.5. The summed E-state index contributed by atoms with van der Waals surface area (Å²) in [5.74, 6) is -0.0910. The second kappa shape index (κ2) is 22.1. The standard InChI is InChI=1S/C46H62O7/c1-8-11-12-15-35-18-20-37(21-19-35)38-22-23-42(36(9-2)28-38)41-29-39(16-13-25-52-44(49)33(4)5)43(51-27-24-46(10-3,31-47)32-48)40(30-41)17-14-26-53-45(50)34(6)7/h18-23,28-30,47-48H,4,6,8-17,24-27,31-32H2,1-3,5,7H3. The average Bonchev–Trinajstić information content (AvgIpc) is 3.17. The van der Waals surface area contributed by atoms with Crippen molar-refractivity contribution in [2.45, 2.75) is 105 Å². The van der Waals surface area contributed by atoms with Crippen LogP contribution in [0.1, 0.15) is 102 Å². The van der Waals surface area contributed by atoms with E-state index in [9.17, 15) is 19.8 Å². The number of aliphatic hydroxyl groups is 2. The Morgan fingerprint density at radius 2 is 1.21 bits per heavy atom. The number of esters is 2. The second-order valence-electron chi connectivity index (χ2n) is 14.3. The summed E-state index contributed by atoms with van der Waals surface area (Å²) in [7, 11) is 0. The van der Waals surface area contributed by atoms with E-state index in [2.05, 4.69) is 81.6 Å². The predicted octanol–water partition coefficient (Wildman–Crippen LogP) is 9.57. The van der Waals surface area contributed by atoms with E-state index in [1.165, 1.54) is 41.5 Å². The molecule has 288 valence electrons. The van der Waals surface area contributed by atoms with Crippen LogP contribution in [0.4, 0.5) is 0 Å². The normalized spacial score (nSPS) is 11.3. The first-order valence-corrected chi connectivity index (χ1v) is 19.4. The number of carbonyl (C=O) groups is 2. The number of aliphatic hydroxyl groups excluding tert-OH is 2. The van der Waals surface area contributed by atoms with Crippen molar-refractivity contribution in [3.05, 3.63) is 101 Å². The summed E-state index contributed by atoms with van der Waals surface area (Å²) in [5, 5.41) is 20.2. The molecule has 2 N–H and O–H groups in total. The molecule has 3 rings (SSSR count). The quantitative estimate of drug-likeness (QED) is 0.0539. The highest BCUT2D eigenvalue weighted by Crippen LogP contribution is 2.37. The molecule has 3 aromatic carbocycles. The molecule has 0 radical (unpaired) electrons. The molecule has 0 amide bonds. The predicted molar refractivity (Wildman–Crippen MR) is 215 cm³/mol. The average molecular weight is 727 g/mol. The molecule has 0 spiro atoms. The Labute approximate surface area is 318 Å². The lowest BCUT2D eigenvalue weighted by Crippen LogP contribution is -2.31. The molecular formula is C46H62O7. The summed E-state index contributed by atoms with van der Waals surface area (Å²) in [6.07, 6.45) is 9.05. The molecule has 0 atom stereocenters. The van der Waals surface area contributed by atoms with Gasteiger partial charge < -0.3 is 24.4 Å². The van der Waals surface area contributed by atoms with Crippen LogP contribution in [0.5, 0.6) is 5.75 Å². The number of unbranched alkanes of at least 4 members (excludes halogenated alkanes) is 2. The molecule has 0 bridgehead atoms. The fourth-order valence-corrected chi connectivity index (χ4v) is 6.34. The SMILES string of the molecule is C=C(C)C(=O)OCCCc1cc(-c2ccc(-c3ccc(CCCCC)cc3)cc2CC)cc(CCCOC(=O)C(=C)C)c1OCCC(CC)(CO)CO. The van der Waals surface area contributed by atoms with Crippen molar-refractivity contribution in [1.29, 1.82) is 0 Å². The minimum absolute atomic E-state index is 0.136. The molecule has 3 aromatic rings. The van der Waals surface area contributed by atoms with E-state index in [0.29, 0.717) is 56.3 Å². The van der Waals surface area contributed by atoms with Crippen LogP contribution in [0.3, 0.4) is 0 Å². The number of aryl methyl sites for hydroxylation is 4. The summed E-state index contributed by atoms with van der Waals surface area (Å²) >= 11 is 0. The van der Waals surface area contributed by atoms with Crippen LogP contribution in [0, 0.1) is 5.41 Å². The van der Waals surface area contributed by atoms with Crippen molar-refractivity contribution in [2.75, 3.05) is 33.0 Å². The topological polar surface area (TPSA) is 102 Å². The third-order valence-corrected chi connectivity index (χ3v) is 10.0. The molecule has 0 aliphatic heterocycles. The van der Waals surface area contributed by atoms with Gasteiger partial charge >= 0.3 is 11.9 Å². The summed E-state index contributed by atoms with van der Waals surface area (Å²) in [4.78, 5) is 24.2. The molecule has 53 heavy (non-hydrogen) atoms. The molecule has 7 heteroatoms. The van der Waals surface area contributed by atoms with Gasteiger partial charge in [-0.2, -0.15) is 0 Å². The smallest absolute Gasteiger partial charge is 0.333 e. The van der Waals surface area contributed by atoms with E-state index in [-0.39, 0.29) is 26.4 Å². The Morgan fingerprint density at radius 1 is 0.660 bits per heavy atom. The van der Waals surface area contributed by atoms with Crippen LogP contribution in [0.25, 0.3) is 22.3 Å². The van der Waals surface area contributed by atoms with Crippen LogP contribution < -0.4 is 4.74 Å². The van der Waals surface area contributed by atoms with Crippen LogP contribution in [-0.2, 0) is 44.7 Å². The van der Waals surface area contributed by atoms with Crippen molar-refractivity contribution >= 4 is 11.9 Å². The lowest BCUT2D eigenvalue weighted by atomic mass is 9.84. The molecule has 7 nitrogen and oxygen atoms in total. The Kier molecular flexibility index (Phi) is 18.0. The summed E-state index contributed by atoms with van der Waals surface area (Å²) in [5.41, 5.74) is 9.19. The Morgan fingerprint density at radius 3 is 1.70 bits per heavy atom. The van der Waals surface area contributed by atoms with Gasteiger partial charge in [0.2, 0.25) is 0 Å². The molecule has 0 fully saturated rings. The number of hydrogen-bond donors (Lipinski definition) is 2. The van der Waals surface area contributed by atoms with E-state index >= 15 is 0 Å². The third-order valence-electron chi connectivity index (χ3n) is 10.0. The van der Waals surface area contributed by atoms with Crippen LogP contribution in [0.15, 0.2) is 78.9 Å². The van der Waals surface area contributed by atoms with Gasteiger partial charge in [-0.3, -0.25) is 0 Å². The number of ether oxygens (including phenoxy) is 3. The van der Waals surface area contributed by atoms with Gasteiger partial charge in [0, 0.05) is 16.6 Å². The third kappa shape index (κ3) is 13.0. The van der Waals surface area contributed by atoms with Gasteiger partial charge in [-0.15, -0.1) is 0 Å². The lowest BCUT2D eigenvalue weighted by Gasteiger charge is -2.28. The maximum absolute atomic E-state index is 12.1. The first-order valence-electron chi connectivity index (χ1n) is 19.4. The van der Waals surface area contributed by atoms with Crippen LogP contribution >= 0.6 is 0 Å². The zero-order chi connectivity index (χ0) is 38.8. The number of carbonyl (C=O) groups excluding carboxylic acids is 2. The van der Waals surface area contributed by atoms with Crippen molar-refractivity contribution in [3.63, 3.8) is 0 Å². The molecule has 0 unspecified atom stereocenters. The molecule has 0 saturated carbocycles. The van der Waals surface area contributed by atoms with Crippen LogP contribution in [0.2, 0.25) is 0 Å². The Hall–Kier alpha value is -4.20. The number of benzene rings is 3. The number of rotatable bonds is 24. The molecule has 0 aromatic heterocycles. The van der Waals surface area contributed by atoms with Gasteiger partial charge in [0.25, 0.3) is 0 Å². The zero-order valence-electron chi connectivity index (χ0n) is 32.9. The molecular weight excluding hydrogens is 664 g/mol. The first-order chi connectivity index (χ1) is 25.5. The largest absolute Gasteiger partial charge is 0.493 e. The summed E-state index contributed by atoms with van der Waals surface area (Å²) in [6.45, 7) is 17.5. The van der Waals surface area contributed by atoms with E-state index in [1.807, 2.05) is 6.92 Å². The second-order valence-corrected chi connectivity index (χ2v) is 14.3. The van der Waals surface area contributed by atoms with Gasteiger partial charge in [-0.25, -0.2) is 9.59 Å². The van der Waals surface area contributed by atoms with Gasteiger partial charge in [0.15, 0.2) is 0 Å². The van der Waals surface area contributed by atoms with Crippen molar-refractivity contribution in [3.8, 4) is 28.0 Å². The fraction of sp³-hybridized carbons (Fsp3) is 0.478. The van der Waals surface area contributed by atoms with Gasteiger partial charge in [-0.1, -0.05) is 89.2 Å². The van der Waals surface area contributed by atoms with Crippen molar-refractivity contribution in [2.24, 2.45) is 5.41 Å². The van der Waals surface area contributed by atoms with Crippen molar-refractivity contribution < 1.29 is 34.0 Å². The molecule has 0 aliphatic carbocycles. The molecule has 0 saturated heterocycles. The Bertz CT molecular complexity index is 1590. The monoisotopic (exact) mass is 726 g/mol. The van der Waals surface area contributed by atoms with Gasteiger partial charge in [-0.05, 0) is 128 Å². The van der Waals surface area contributed by atoms with Gasteiger partial charge in [0.1, 0.15) is 5.75 Å². The lowest BCUT2D eigenvalue weighted by molar-refractivity contribution is -0.139. The Balaban J connectivity index is 2.04. The molecule has 0 aliphatic rings. The fourth-order valence-electron chi connectivity index (χ4n) is 6.34. The summed E-state index contributed by atoms with van der Waals surface area (Å²) < 4.78 is 17.4. The zero-order valence-corrected chi connectivity index (χ0v) is 32.9. The minimum atomic E-state index is -0.638. The van der Waals surface area contributed by atoms with E-state index in [4.69, 9.17) is 14.2 Å². The van der Waals surface area contributed by atoms with E-state index in [1.54, 1.807) is 13.8 Å². The van der Waals surface area contributed by atoms with E-state index < -0.39 is 17.4 Å². The maximum Gasteiger partial charge on any atom is 0.333 e. The van der Waals surface area contributed by atoms with Crippen molar-refractivity contribution in [1.82, 2.24) is 0 Å². The molecule has 0 heterocycles. The van der Waals surface area contributed by atoms with Crippen LogP contribution in [-0.4, -0.2) is 55.2 Å². The highest BCUT2D eigenvalue weighted by Gasteiger charge is 2.27. The van der Waals surface area contributed by atoms with E-state index in [0.717, 1.165) is 40.8 Å². The van der Waals surface area contributed by atoms with Gasteiger partial charge in [0.05, 0.1) is 33.0 Å². The number of hydrogen-bond acceptors (Lipinski definition) is 7.